The summed E-state index contributed by atoms with van der Waals surface area (Å²) in [6.07, 6.45) is 4.19. The summed E-state index contributed by atoms with van der Waals surface area (Å²) in [5.41, 5.74) is -0.571. The number of hydrogen-bond acceptors (Lipinski definition) is 9. The fourth-order valence-electron chi connectivity index (χ4n) is 3.70. The van der Waals surface area contributed by atoms with Crippen LogP contribution in [-0.2, 0) is 11.2 Å². The summed E-state index contributed by atoms with van der Waals surface area (Å²) in [6.45, 7) is 2.27. The number of thiazole rings is 1. The van der Waals surface area contributed by atoms with Crippen molar-refractivity contribution in [2.75, 3.05) is 18.0 Å². The second-order valence-electron chi connectivity index (χ2n) is 7.65. The molecule has 5 rings (SSSR count). The lowest BCUT2D eigenvalue weighted by atomic mass is 9.93. The molecule has 1 fully saturated rings. The maximum absolute atomic E-state index is 14.9. The number of hydrogen-bond donors (Lipinski definition) is 1. The zero-order chi connectivity index (χ0) is 23.3. The molecule has 0 aromatic carbocycles. The summed E-state index contributed by atoms with van der Waals surface area (Å²) >= 11 is 1.21. The van der Waals surface area contributed by atoms with Crippen LogP contribution in [0.3, 0.4) is 0 Å². The number of aryl methyl sites for hydroxylation is 1. The fraction of sp³-hybridized carbons (Fsp3) is 0.238. The number of ketones is 1. The first-order chi connectivity index (χ1) is 15.8. The molecule has 1 saturated heterocycles. The van der Waals surface area contributed by atoms with Gasteiger partial charge in [-0.15, -0.1) is 11.3 Å². The number of carbonyl (C=O) groups is 2. The smallest absolute Gasteiger partial charge is 0.341 e. The highest BCUT2D eigenvalue weighted by atomic mass is 32.1. The van der Waals surface area contributed by atoms with Crippen LogP contribution in [0.5, 0.6) is 0 Å². The van der Waals surface area contributed by atoms with Crippen molar-refractivity contribution in [3.05, 3.63) is 63.3 Å². The Bertz CT molecular complexity index is 1460. The molecular weight excluding hydrogens is 453 g/mol. The fourth-order valence-corrected chi connectivity index (χ4v) is 4.32. The standard InChI is InChI=1S/C21H16FN5O5S/c1-10-9-32-16(24-10)5-15(28)11-6-26(7-11)19-14(22)4-12-17(29)13(20(30)31)8-27(18(12)25-19)21-23-2-3-33-21/h2-4,8-9,11H,5-7H2,1H3,(H,30,31). The van der Waals surface area contributed by atoms with Crippen molar-refractivity contribution in [1.29, 1.82) is 0 Å². The van der Waals surface area contributed by atoms with Gasteiger partial charge in [-0.3, -0.25) is 14.2 Å². The van der Waals surface area contributed by atoms with Gasteiger partial charge in [0.1, 0.15) is 17.6 Å². The minimum atomic E-state index is -1.43. The van der Waals surface area contributed by atoms with E-state index in [1.165, 1.54) is 28.4 Å². The molecule has 0 radical (unpaired) electrons. The number of carbonyl (C=O) groups excluding carboxylic acids is 1. The predicted molar refractivity (Wildman–Crippen MR) is 116 cm³/mol. The van der Waals surface area contributed by atoms with Crippen LogP contribution in [0.15, 0.2) is 39.3 Å². The van der Waals surface area contributed by atoms with Crippen LogP contribution in [0, 0.1) is 18.7 Å². The van der Waals surface area contributed by atoms with Gasteiger partial charge in [0.25, 0.3) is 0 Å². The van der Waals surface area contributed by atoms with Crippen molar-refractivity contribution in [2.24, 2.45) is 5.92 Å². The Balaban J connectivity index is 1.48. The minimum Gasteiger partial charge on any atom is -0.477 e. The Kier molecular flexibility index (Phi) is 5.01. The topological polar surface area (TPSA) is 131 Å². The molecule has 1 aliphatic heterocycles. The van der Waals surface area contributed by atoms with Crippen LogP contribution in [0.4, 0.5) is 10.2 Å². The van der Waals surface area contributed by atoms with Crippen LogP contribution < -0.4 is 10.3 Å². The van der Waals surface area contributed by atoms with E-state index in [4.69, 9.17) is 4.42 Å². The van der Waals surface area contributed by atoms with Gasteiger partial charge >= 0.3 is 5.97 Å². The van der Waals surface area contributed by atoms with E-state index in [1.807, 2.05) is 0 Å². The van der Waals surface area contributed by atoms with Crippen LogP contribution in [0.1, 0.15) is 21.9 Å². The first kappa shape index (κ1) is 20.9. The van der Waals surface area contributed by atoms with Gasteiger partial charge in [0, 0.05) is 30.9 Å². The first-order valence-electron chi connectivity index (χ1n) is 9.89. The molecule has 0 bridgehead atoms. The average Bonchev–Trinajstić information content (AvgIpc) is 3.40. The van der Waals surface area contributed by atoms with Crippen LogP contribution in [0.2, 0.25) is 0 Å². The molecule has 10 nitrogen and oxygen atoms in total. The molecule has 168 valence electrons. The van der Waals surface area contributed by atoms with Crippen molar-refractivity contribution >= 4 is 39.9 Å². The Morgan fingerprint density at radius 2 is 2.12 bits per heavy atom. The normalized spacial score (nSPS) is 13.9. The predicted octanol–water partition coefficient (Wildman–Crippen LogP) is 2.22. The Labute approximate surface area is 189 Å². The number of anilines is 1. The van der Waals surface area contributed by atoms with E-state index < -0.39 is 22.8 Å². The molecule has 4 aromatic heterocycles. The number of aromatic nitrogens is 4. The third-order valence-electron chi connectivity index (χ3n) is 5.40. The van der Waals surface area contributed by atoms with Crippen molar-refractivity contribution < 1.29 is 23.5 Å². The molecule has 1 aliphatic rings. The second-order valence-corrected chi connectivity index (χ2v) is 8.53. The van der Waals surface area contributed by atoms with Crippen molar-refractivity contribution in [3.8, 4) is 5.13 Å². The number of nitrogens with zero attached hydrogens (tertiary/aromatic N) is 5. The number of rotatable bonds is 6. The molecule has 0 atom stereocenters. The van der Waals surface area contributed by atoms with Crippen molar-refractivity contribution in [1.82, 2.24) is 19.5 Å². The lowest BCUT2D eigenvalue weighted by molar-refractivity contribution is -0.123. The Morgan fingerprint density at radius 3 is 2.76 bits per heavy atom. The maximum atomic E-state index is 14.9. The average molecular weight is 469 g/mol. The largest absolute Gasteiger partial charge is 0.477 e. The molecule has 33 heavy (non-hydrogen) atoms. The minimum absolute atomic E-state index is 0.0219. The molecule has 0 aliphatic carbocycles. The molecule has 0 amide bonds. The van der Waals surface area contributed by atoms with E-state index >= 15 is 0 Å². The highest BCUT2D eigenvalue weighted by molar-refractivity contribution is 7.12. The molecule has 0 spiro atoms. The molecule has 5 heterocycles. The number of halogens is 1. The summed E-state index contributed by atoms with van der Waals surface area (Å²) in [7, 11) is 0. The first-order valence-corrected chi connectivity index (χ1v) is 10.8. The SMILES string of the molecule is Cc1coc(CC(=O)C2CN(c3nc4c(cc3F)c(=O)c(C(=O)O)cn4-c3nccs3)C2)n1. The maximum Gasteiger partial charge on any atom is 0.341 e. The van der Waals surface area contributed by atoms with E-state index in [2.05, 4.69) is 15.0 Å². The number of Topliss-reactive ketones (excluding diaryl/α,β-unsaturated/α-hetero) is 1. The summed E-state index contributed by atoms with van der Waals surface area (Å²) in [6, 6.07) is 0.987. The highest BCUT2D eigenvalue weighted by Crippen LogP contribution is 2.29. The van der Waals surface area contributed by atoms with Crippen LogP contribution in [0.25, 0.3) is 16.2 Å². The number of fused-ring (bicyclic) bond motifs is 1. The van der Waals surface area contributed by atoms with Gasteiger partial charge in [-0.2, -0.15) is 0 Å². The van der Waals surface area contributed by atoms with Crippen molar-refractivity contribution in [2.45, 2.75) is 13.3 Å². The molecular formula is C21H16FN5O5S. The van der Waals surface area contributed by atoms with Crippen LogP contribution >= 0.6 is 11.3 Å². The highest BCUT2D eigenvalue weighted by Gasteiger charge is 2.35. The molecule has 0 saturated carbocycles. The lowest BCUT2D eigenvalue weighted by Gasteiger charge is -2.39. The summed E-state index contributed by atoms with van der Waals surface area (Å²) < 4.78 is 21.5. The Hall–Kier alpha value is -3.93. The molecule has 0 unspecified atom stereocenters. The van der Waals surface area contributed by atoms with E-state index in [1.54, 1.807) is 17.2 Å². The van der Waals surface area contributed by atoms with Gasteiger partial charge in [-0.05, 0) is 13.0 Å². The number of carboxylic acid groups (broad SMARTS) is 1. The van der Waals surface area contributed by atoms with Gasteiger partial charge in [0.2, 0.25) is 11.3 Å². The zero-order valence-electron chi connectivity index (χ0n) is 17.2. The monoisotopic (exact) mass is 469 g/mol. The summed E-state index contributed by atoms with van der Waals surface area (Å²) in [5.74, 6) is -2.28. The third-order valence-corrected chi connectivity index (χ3v) is 6.17. The van der Waals surface area contributed by atoms with Crippen LogP contribution in [-0.4, -0.2) is 49.5 Å². The summed E-state index contributed by atoms with van der Waals surface area (Å²) in [4.78, 5) is 50.9. The van der Waals surface area contributed by atoms with Gasteiger partial charge in [-0.25, -0.2) is 24.1 Å². The van der Waals surface area contributed by atoms with Gasteiger partial charge in [-0.1, -0.05) is 0 Å². The molecule has 12 heteroatoms. The Morgan fingerprint density at radius 1 is 1.33 bits per heavy atom. The summed E-state index contributed by atoms with van der Waals surface area (Å²) in [5, 5.41) is 11.3. The van der Waals surface area contributed by atoms with Gasteiger partial charge in [0.15, 0.2) is 22.4 Å². The number of carboxylic acids is 1. The number of aromatic carboxylic acids is 1. The van der Waals surface area contributed by atoms with E-state index in [0.29, 0.717) is 16.7 Å². The molecule has 1 N–H and O–H groups in total. The zero-order valence-corrected chi connectivity index (χ0v) is 18.0. The van der Waals surface area contributed by atoms with Crippen molar-refractivity contribution in [3.63, 3.8) is 0 Å². The number of oxazole rings is 1. The van der Waals surface area contributed by atoms with Gasteiger partial charge < -0.3 is 14.4 Å². The third kappa shape index (κ3) is 3.67. The molecule has 4 aromatic rings. The quantitative estimate of drug-likeness (QED) is 0.451. The second kappa shape index (κ2) is 7.89. The number of pyridine rings is 2. The lowest BCUT2D eigenvalue weighted by Crippen LogP contribution is -2.51. The van der Waals surface area contributed by atoms with E-state index in [9.17, 15) is 23.9 Å². The van der Waals surface area contributed by atoms with E-state index in [-0.39, 0.29) is 48.1 Å². The van der Waals surface area contributed by atoms with Gasteiger partial charge in [0.05, 0.1) is 23.4 Å². The van der Waals surface area contributed by atoms with E-state index in [0.717, 1.165) is 12.3 Å².